The van der Waals surface area contributed by atoms with E-state index in [2.05, 4.69) is 15.1 Å². The molecule has 0 atom stereocenters. The second-order valence-corrected chi connectivity index (χ2v) is 4.95. The lowest BCUT2D eigenvalue weighted by Crippen LogP contribution is -2.14. The average Bonchev–Trinajstić information content (AvgIpc) is 2.61. The number of hydrogen-bond acceptors (Lipinski definition) is 6. The average molecular weight is 239 g/mol. The lowest BCUT2D eigenvalue weighted by molar-refractivity contribution is 0.587. The molecule has 16 heavy (non-hydrogen) atoms. The SMILES string of the molecule is CS(=O)(=O)n1nc(-c2ccncc2)nc1N. The minimum absolute atomic E-state index is 0.158. The van der Waals surface area contributed by atoms with Crippen LogP contribution in [0.4, 0.5) is 5.95 Å². The summed E-state index contributed by atoms with van der Waals surface area (Å²) in [4.78, 5) is 7.71. The number of nitrogen functional groups attached to an aromatic ring is 1. The molecule has 2 N–H and O–H groups in total. The molecule has 2 aromatic heterocycles. The van der Waals surface area contributed by atoms with Crippen LogP contribution in [0.1, 0.15) is 0 Å². The van der Waals surface area contributed by atoms with Gasteiger partial charge in [-0.3, -0.25) is 4.98 Å². The second kappa shape index (κ2) is 3.56. The molecule has 0 aromatic carbocycles. The summed E-state index contributed by atoms with van der Waals surface area (Å²) in [6.45, 7) is 0. The van der Waals surface area contributed by atoms with Crippen molar-refractivity contribution in [2.24, 2.45) is 0 Å². The minimum Gasteiger partial charge on any atom is -0.367 e. The Balaban J connectivity index is 2.55. The third-order valence-corrected chi connectivity index (χ3v) is 2.75. The van der Waals surface area contributed by atoms with Gasteiger partial charge in [0.1, 0.15) is 0 Å². The fourth-order valence-corrected chi connectivity index (χ4v) is 1.78. The van der Waals surface area contributed by atoms with Crippen molar-refractivity contribution in [2.75, 3.05) is 12.0 Å². The van der Waals surface area contributed by atoms with E-state index in [0.29, 0.717) is 9.65 Å². The quantitative estimate of drug-likeness (QED) is 0.773. The zero-order chi connectivity index (χ0) is 11.8. The Morgan fingerprint density at radius 1 is 1.31 bits per heavy atom. The van der Waals surface area contributed by atoms with Gasteiger partial charge in [-0.2, -0.15) is 4.98 Å². The zero-order valence-corrected chi connectivity index (χ0v) is 9.22. The molecule has 0 aliphatic heterocycles. The molecule has 0 saturated heterocycles. The van der Waals surface area contributed by atoms with Crippen LogP contribution in [0.3, 0.4) is 0 Å². The van der Waals surface area contributed by atoms with Crippen LogP contribution in [0.25, 0.3) is 11.4 Å². The summed E-state index contributed by atoms with van der Waals surface area (Å²) in [5, 5.41) is 3.82. The van der Waals surface area contributed by atoms with Crippen molar-refractivity contribution >= 4 is 16.0 Å². The van der Waals surface area contributed by atoms with E-state index in [-0.39, 0.29) is 11.8 Å². The third-order valence-electron chi connectivity index (χ3n) is 1.85. The molecule has 0 fully saturated rings. The Labute approximate surface area is 92.0 Å². The highest BCUT2D eigenvalue weighted by molar-refractivity contribution is 7.89. The van der Waals surface area contributed by atoms with Gasteiger partial charge in [0.15, 0.2) is 5.82 Å². The lowest BCUT2D eigenvalue weighted by Gasteiger charge is -1.96. The van der Waals surface area contributed by atoms with Gasteiger partial charge in [0.2, 0.25) is 5.95 Å². The van der Waals surface area contributed by atoms with E-state index in [1.807, 2.05) is 0 Å². The minimum atomic E-state index is -3.52. The van der Waals surface area contributed by atoms with Gasteiger partial charge in [-0.25, -0.2) is 8.42 Å². The van der Waals surface area contributed by atoms with Crippen LogP contribution in [0.15, 0.2) is 24.5 Å². The predicted octanol–water partition coefficient (Wildman–Crippen LogP) is -0.270. The van der Waals surface area contributed by atoms with E-state index >= 15 is 0 Å². The summed E-state index contributed by atoms with van der Waals surface area (Å²) in [5.41, 5.74) is 6.12. The van der Waals surface area contributed by atoms with E-state index < -0.39 is 10.0 Å². The van der Waals surface area contributed by atoms with Crippen molar-refractivity contribution < 1.29 is 8.42 Å². The second-order valence-electron chi connectivity index (χ2n) is 3.14. The van der Waals surface area contributed by atoms with Crippen LogP contribution >= 0.6 is 0 Å². The number of anilines is 1. The van der Waals surface area contributed by atoms with Gasteiger partial charge in [-0.05, 0) is 12.1 Å². The highest BCUT2D eigenvalue weighted by Crippen LogP contribution is 2.15. The first kappa shape index (κ1) is 10.6. The van der Waals surface area contributed by atoms with Gasteiger partial charge in [0.25, 0.3) is 10.0 Å². The largest absolute Gasteiger partial charge is 0.367 e. The highest BCUT2D eigenvalue weighted by atomic mass is 32.2. The smallest absolute Gasteiger partial charge is 0.254 e. The number of nitrogens with zero attached hydrogens (tertiary/aromatic N) is 4. The normalized spacial score (nSPS) is 11.6. The molecule has 2 heterocycles. The van der Waals surface area contributed by atoms with Gasteiger partial charge in [0, 0.05) is 18.0 Å². The van der Waals surface area contributed by atoms with Crippen molar-refractivity contribution in [3.8, 4) is 11.4 Å². The first-order valence-corrected chi connectivity index (χ1v) is 6.17. The fraction of sp³-hybridized carbons (Fsp3) is 0.125. The molecular formula is C8H9N5O2S. The van der Waals surface area contributed by atoms with Crippen molar-refractivity contribution in [1.82, 2.24) is 19.2 Å². The maximum absolute atomic E-state index is 11.3. The molecule has 0 aliphatic rings. The van der Waals surface area contributed by atoms with E-state index in [1.54, 1.807) is 24.5 Å². The molecule has 2 rings (SSSR count). The summed E-state index contributed by atoms with van der Waals surface area (Å²) in [5.74, 6) is 0.0969. The van der Waals surface area contributed by atoms with Crippen molar-refractivity contribution in [3.05, 3.63) is 24.5 Å². The van der Waals surface area contributed by atoms with Crippen LogP contribution in [-0.2, 0) is 10.0 Å². The highest BCUT2D eigenvalue weighted by Gasteiger charge is 2.15. The number of hydrogen-bond donors (Lipinski definition) is 1. The summed E-state index contributed by atoms with van der Waals surface area (Å²) in [6, 6.07) is 3.34. The van der Waals surface area contributed by atoms with Crippen molar-refractivity contribution in [2.45, 2.75) is 0 Å². The molecule has 8 heteroatoms. The molecule has 0 aliphatic carbocycles. The van der Waals surface area contributed by atoms with Crippen LogP contribution in [-0.4, -0.2) is 33.8 Å². The molecule has 7 nitrogen and oxygen atoms in total. The molecule has 84 valence electrons. The van der Waals surface area contributed by atoms with Crippen molar-refractivity contribution in [1.29, 1.82) is 0 Å². The summed E-state index contributed by atoms with van der Waals surface area (Å²) in [7, 11) is -3.52. The molecule has 2 aromatic rings. The van der Waals surface area contributed by atoms with Crippen LogP contribution < -0.4 is 5.73 Å². The van der Waals surface area contributed by atoms with E-state index in [0.717, 1.165) is 6.26 Å². The van der Waals surface area contributed by atoms with E-state index in [1.165, 1.54) is 0 Å². The summed E-state index contributed by atoms with van der Waals surface area (Å²) in [6.07, 6.45) is 4.13. The van der Waals surface area contributed by atoms with E-state index in [9.17, 15) is 8.42 Å². The summed E-state index contributed by atoms with van der Waals surface area (Å²) >= 11 is 0. The monoisotopic (exact) mass is 239 g/mol. The molecular weight excluding hydrogens is 230 g/mol. The first-order chi connectivity index (χ1) is 7.48. The topological polar surface area (TPSA) is 104 Å². The van der Waals surface area contributed by atoms with Crippen LogP contribution in [0.5, 0.6) is 0 Å². The molecule has 0 spiro atoms. The number of pyridine rings is 1. The zero-order valence-electron chi connectivity index (χ0n) is 8.40. The van der Waals surface area contributed by atoms with Gasteiger partial charge in [0.05, 0.1) is 6.26 Å². The Morgan fingerprint density at radius 2 is 1.94 bits per heavy atom. The first-order valence-electron chi connectivity index (χ1n) is 4.32. The Morgan fingerprint density at radius 3 is 2.44 bits per heavy atom. The molecule has 0 saturated carbocycles. The molecule has 0 unspecified atom stereocenters. The lowest BCUT2D eigenvalue weighted by atomic mass is 10.3. The molecule has 0 radical (unpaired) electrons. The van der Waals surface area contributed by atoms with E-state index in [4.69, 9.17) is 5.73 Å². The van der Waals surface area contributed by atoms with Gasteiger partial charge >= 0.3 is 0 Å². The maximum atomic E-state index is 11.3. The third kappa shape index (κ3) is 1.87. The Bertz CT molecular complexity index is 605. The van der Waals surface area contributed by atoms with Crippen LogP contribution in [0, 0.1) is 0 Å². The summed E-state index contributed by atoms with van der Waals surface area (Å²) < 4.78 is 23.2. The molecule has 0 amide bonds. The number of aromatic nitrogens is 4. The Hall–Kier alpha value is -1.96. The van der Waals surface area contributed by atoms with Gasteiger partial charge in [-0.15, -0.1) is 9.19 Å². The van der Waals surface area contributed by atoms with Gasteiger partial charge < -0.3 is 5.73 Å². The fourth-order valence-electron chi connectivity index (χ4n) is 1.18. The number of rotatable bonds is 2. The number of nitrogens with two attached hydrogens (primary N) is 1. The van der Waals surface area contributed by atoms with Crippen LogP contribution in [0.2, 0.25) is 0 Å². The Kier molecular flexibility index (Phi) is 2.35. The van der Waals surface area contributed by atoms with Gasteiger partial charge in [-0.1, -0.05) is 0 Å². The maximum Gasteiger partial charge on any atom is 0.254 e. The standard InChI is InChI=1S/C8H9N5O2S/c1-16(14,15)13-8(9)11-7(12-13)6-2-4-10-5-3-6/h2-5H,1H3,(H2,9,11,12). The predicted molar refractivity (Wildman–Crippen MR) is 57.9 cm³/mol. The molecule has 0 bridgehead atoms. The van der Waals surface area contributed by atoms with Crippen molar-refractivity contribution in [3.63, 3.8) is 0 Å².